The van der Waals surface area contributed by atoms with Gasteiger partial charge in [0, 0.05) is 45.4 Å². The van der Waals surface area contributed by atoms with Gasteiger partial charge in [-0.2, -0.15) is 0 Å². The second-order valence-corrected chi connectivity index (χ2v) is 7.08. The molecule has 0 spiro atoms. The summed E-state index contributed by atoms with van der Waals surface area (Å²) in [5, 5.41) is 3.41. The van der Waals surface area contributed by atoms with Crippen molar-refractivity contribution in [1.29, 1.82) is 0 Å². The number of carbonyl (C=O) groups excluding carboxylic acids is 1. The topological polar surface area (TPSA) is 60.4 Å². The zero-order chi connectivity index (χ0) is 18.9. The first-order chi connectivity index (χ1) is 12.6. The maximum atomic E-state index is 12.5. The molecule has 7 nitrogen and oxygen atoms in total. The largest absolute Gasteiger partial charge is 0.368 e. The van der Waals surface area contributed by atoms with Gasteiger partial charge in [-0.05, 0) is 39.8 Å². The van der Waals surface area contributed by atoms with Gasteiger partial charge in [0.25, 0.3) is 5.91 Å². The SMILES string of the molecule is CCNC(=NCC(C)N(CC)CC)N1CCN(C(=O)C2CCCO2)CC1. The normalized spacial score (nSPS) is 22.8. The number of piperazine rings is 1. The number of amides is 1. The van der Waals surface area contributed by atoms with Crippen LogP contribution >= 0.6 is 0 Å². The summed E-state index contributed by atoms with van der Waals surface area (Å²) in [5.41, 5.74) is 0. The molecule has 1 N–H and O–H groups in total. The van der Waals surface area contributed by atoms with Gasteiger partial charge >= 0.3 is 0 Å². The summed E-state index contributed by atoms with van der Waals surface area (Å²) in [6.07, 6.45) is 1.66. The molecule has 0 aromatic heterocycles. The molecule has 2 aliphatic rings. The van der Waals surface area contributed by atoms with Crippen LogP contribution in [0.4, 0.5) is 0 Å². The van der Waals surface area contributed by atoms with E-state index in [0.717, 1.165) is 77.8 Å². The fourth-order valence-corrected chi connectivity index (χ4v) is 3.72. The molecular weight excluding hydrogens is 330 g/mol. The smallest absolute Gasteiger partial charge is 0.251 e. The monoisotopic (exact) mass is 367 g/mol. The van der Waals surface area contributed by atoms with Crippen molar-refractivity contribution in [2.75, 3.05) is 59.0 Å². The van der Waals surface area contributed by atoms with Crippen molar-refractivity contribution < 1.29 is 9.53 Å². The first-order valence-electron chi connectivity index (χ1n) is 10.3. The van der Waals surface area contributed by atoms with Gasteiger partial charge in [-0.1, -0.05) is 13.8 Å². The molecule has 26 heavy (non-hydrogen) atoms. The van der Waals surface area contributed by atoms with Crippen LogP contribution in [0, 0.1) is 0 Å². The molecule has 2 heterocycles. The first kappa shape index (κ1) is 21.0. The van der Waals surface area contributed by atoms with Gasteiger partial charge in [0.1, 0.15) is 6.10 Å². The van der Waals surface area contributed by atoms with Gasteiger partial charge in [0.2, 0.25) is 0 Å². The van der Waals surface area contributed by atoms with E-state index in [2.05, 4.69) is 42.8 Å². The predicted octanol–water partition coefficient (Wildman–Crippen LogP) is 1.01. The zero-order valence-electron chi connectivity index (χ0n) is 17.0. The molecule has 0 aromatic rings. The quantitative estimate of drug-likeness (QED) is 0.537. The maximum absolute atomic E-state index is 12.5. The van der Waals surface area contributed by atoms with E-state index in [1.54, 1.807) is 0 Å². The van der Waals surface area contributed by atoms with E-state index >= 15 is 0 Å². The van der Waals surface area contributed by atoms with Crippen molar-refractivity contribution in [3.8, 4) is 0 Å². The van der Waals surface area contributed by atoms with E-state index in [1.807, 2.05) is 4.90 Å². The molecule has 0 aromatic carbocycles. The Labute approximate surface area is 158 Å². The highest BCUT2D eigenvalue weighted by atomic mass is 16.5. The Bertz CT molecular complexity index is 453. The minimum absolute atomic E-state index is 0.166. The first-order valence-corrected chi connectivity index (χ1v) is 10.3. The molecule has 0 saturated carbocycles. The molecule has 0 aliphatic carbocycles. The van der Waals surface area contributed by atoms with E-state index < -0.39 is 0 Å². The van der Waals surface area contributed by atoms with E-state index in [-0.39, 0.29) is 12.0 Å². The van der Waals surface area contributed by atoms with Gasteiger partial charge in [-0.15, -0.1) is 0 Å². The lowest BCUT2D eigenvalue weighted by molar-refractivity contribution is -0.142. The van der Waals surface area contributed by atoms with Crippen molar-refractivity contribution in [1.82, 2.24) is 20.0 Å². The van der Waals surface area contributed by atoms with E-state index in [1.165, 1.54) is 0 Å². The van der Waals surface area contributed by atoms with Crippen molar-refractivity contribution in [2.24, 2.45) is 4.99 Å². The van der Waals surface area contributed by atoms with Crippen LogP contribution in [0.1, 0.15) is 40.5 Å². The lowest BCUT2D eigenvalue weighted by Crippen LogP contribution is -2.55. The van der Waals surface area contributed by atoms with Gasteiger partial charge in [-0.3, -0.25) is 14.7 Å². The van der Waals surface area contributed by atoms with Gasteiger partial charge in [-0.25, -0.2) is 0 Å². The molecule has 2 rings (SSSR count). The fourth-order valence-electron chi connectivity index (χ4n) is 3.72. The Morgan fingerprint density at radius 3 is 2.38 bits per heavy atom. The second-order valence-electron chi connectivity index (χ2n) is 7.08. The average molecular weight is 368 g/mol. The summed E-state index contributed by atoms with van der Waals surface area (Å²) in [5.74, 6) is 1.13. The van der Waals surface area contributed by atoms with Crippen LogP contribution in [0.15, 0.2) is 4.99 Å². The Balaban J connectivity index is 1.88. The van der Waals surface area contributed by atoms with Crippen LogP contribution in [0.2, 0.25) is 0 Å². The van der Waals surface area contributed by atoms with Crippen LogP contribution in [-0.2, 0) is 9.53 Å². The number of hydrogen-bond donors (Lipinski definition) is 1. The summed E-state index contributed by atoms with van der Waals surface area (Å²) in [6.45, 7) is 16.3. The molecule has 7 heteroatoms. The minimum atomic E-state index is -0.210. The van der Waals surface area contributed by atoms with Gasteiger partial charge in [0.15, 0.2) is 5.96 Å². The third-order valence-electron chi connectivity index (χ3n) is 5.37. The van der Waals surface area contributed by atoms with Crippen molar-refractivity contribution >= 4 is 11.9 Å². The van der Waals surface area contributed by atoms with Crippen LogP contribution in [0.3, 0.4) is 0 Å². The Hall–Kier alpha value is -1.34. The number of ether oxygens (including phenoxy) is 1. The third-order valence-corrected chi connectivity index (χ3v) is 5.37. The standard InChI is InChI=1S/C19H37N5O2/c1-5-20-19(21-15-16(4)22(6-2)7-3)24-12-10-23(11-13-24)18(25)17-9-8-14-26-17/h16-17H,5-15H2,1-4H3,(H,20,21). The lowest BCUT2D eigenvalue weighted by atomic mass is 10.2. The summed E-state index contributed by atoms with van der Waals surface area (Å²) in [7, 11) is 0. The number of nitrogens with one attached hydrogen (secondary N) is 1. The molecule has 2 fully saturated rings. The number of hydrogen-bond acceptors (Lipinski definition) is 4. The summed E-state index contributed by atoms with van der Waals surface area (Å²) < 4.78 is 5.54. The zero-order valence-corrected chi connectivity index (χ0v) is 17.0. The number of carbonyl (C=O) groups is 1. The molecule has 150 valence electrons. The minimum Gasteiger partial charge on any atom is -0.368 e. The van der Waals surface area contributed by atoms with E-state index in [4.69, 9.17) is 9.73 Å². The van der Waals surface area contributed by atoms with E-state index in [9.17, 15) is 4.79 Å². The van der Waals surface area contributed by atoms with Crippen molar-refractivity contribution in [2.45, 2.75) is 52.7 Å². The molecule has 2 saturated heterocycles. The molecule has 0 radical (unpaired) electrons. The summed E-state index contributed by atoms with van der Waals surface area (Å²) in [6, 6.07) is 0.432. The molecule has 1 amide bonds. The lowest BCUT2D eigenvalue weighted by Gasteiger charge is -2.37. The van der Waals surface area contributed by atoms with Gasteiger partial charge in [0.05, 0.1) is 6.54 Å². The predicted molar refractivity (Wildman–Crippen MR) is 105 cm³/mol. The van der Waals surface area contributed by atoms with Crippen LogP contribution < -0.4 is 5.32 Å². The van der Waals surface area contributed by atoms with Crippen LogP contribution in [0.5, 0.6) is 0 Å². The fraction of sp³-hybridized carbons (Fsp3) is 0.895. The van der Waals surface area contributed by atoms with Gasteiger partial charge < -0.3 is 19.9 Å². The Morgan fingerprint density at radius 1 is 1.19 bits per heavy atom. The highest BCUT2D eigenvalue weighted by molar-refractivity contribution is 5.82. The highest BCUT2D eigenvalue weighted by Gasteiger charge is 2.30. The number of likely N-dealkylation sites (N-methyl/N-ethyl adjacent to an activating group) is 1. The number of guanidine groups is 1. The second kappa shape index (κ2) is 10.7. The molecule has 2 unspecified atom stereocenters. The third kappa shape index (κ3) is 5.58. The number of aliphatic imine (C=N–C) groups is 1. The average Bonchev–Trinajstić information content (AvgIpc) is 3.20. The molecule has 2 atom stereocenters. The van der Waals surface area contributed by atoms with Crippen molar-refractivity contribution in [3.63, 3.8) is 0 Å². The van der Waals surface area contributed by atoms with Crippen LogP contribution in [-0.4, -0.2) is 97.7 Å². The maximum Gasteiger partial charge on any atom is 0.251 e. The number of rotatable bonds is 7. The van der Waals surface area contributed by atoms with E-state index in [0.29, 0.717) is 6.04 Å². The Morgan fingerprint density at radius 2 is 1.85 bits per heavy atom. The van der Waals surface area contributed by atoms with Crippen LogP contribution in [0.25, 0.3) is 0 Å². The van der Waals surface area contributed by atoms with Crippen molar-refractivity contribution in [3.05, 3.63) is 0 Å². The molecule has 2 aliphatic heterocycles. The summed E-state index contributed by atoms with van der Waals surface area (Å²) >= 11 is 0. The summed E-state index contributed by atoms with van der Waals surface area (Å²) in [4.78, 5) is 24.0. The molecular formula is C19H37N5O2. The Kier molecular flexibility index (Phi) is 8.65. The number of nitrogens with zero attached hydrogens (tertiary/aromatic N) is 4. The molecule has 0 bridgehead atoms. The highest BCUT2D eigenvalue weighted by Crippen LogP contribution is 2.16.